The summed E-state index contributed by atoms with van der Waals surface area (Å²) in [5.41, 5.74) is 3.22. The topological polar surface area (TPSA) is 72.7 Å². The van der Waals surface area contributed by atoms with E-state index in [2.05, 4.69) is 20.4 Å². The van der Waals surface area contributed by atoms with E-state index in [0.29, 0.717) is 29.4 Å². The highest BCUT2D eigenvalue weighted by Gasteiger charge is 2.19. The molecule has 0 aliphatic heterocycles. The molecular weight excluding hydrogens is 369 g/mol. The number of hydrogen-bond acceptors (Lipinski definition) is 5. The molecule has 7 heteroatoms. The fourth-order valence-electron chi connectivity index (χ4n) is 2.79. The summed E-state index contributed by atoms with van der Waals surface area (Å²) in [6.45, 7) is 2.50. The van der Waals surface area contributed by atoms with Gasteiger partial charge in [0.2, 0.25) is 5.95 Å². The Bertz CT molecular complexity index is 1120. The third kappa shape index (κ3) is 4.19. The lowest BCUT2D eigenvalue weighted by atomic mass is 10.1. The van der Waals surface area contributed by atoms with Crippen LogP contribution >= 0.6 is 0 Å². The molecule has 144 valence electrons. The molecule has 2 heterocycles. The van der Waals surface area contributed by atoms with Gasteiger partial charge in [-0.05, 0) is 48.9 Å². The van der Waals surface area contributed by atoms with E-state index in [9.17, 15) is 9.18 Å². The van der Waals surface area contributed by atoms with Crippen LogP contribution < -0.4 is 5.32 Å². The molecule has 0 amide bonds. The minimum absolute atomic E-state index is 0.304. The lowest BCUT2D eigenvalue weighted by Gasteiger charge is -2.07. The van der Waals surface area contributed by atoms with Gasteiger partial charge in [0.1, 0.15) is 5.82 Å². The molecule has 1 N–H and O–H groups in total. The standard InChI is InChI=1S/C22H18FN5O/c1-15-4-6-16(7-5-15)13-25-22-26-20(18-3-2-12-24-14-18)27-28(22)21(29)17-8-10-19(23)11-9-17/h2-12,14H,13H2,1H3,(H,25,26,27). The Morgan fingerprint density at radius 1 is 1.07 bits per heavy atom. The Kier molecular flexibility index (Phi) is 5.11. The smallest absolute Gasteiger partial charge is 0.281 e. The van der Waals surface area contributed by atoms with Gasteiger partial charge in [0, 0.05) is 30.1 Å². The van der Waals surface area contributed by atoms with Crippen LogP contribution in [0.15, 0.2) is 73.1 Å². The van der Waals surface area contributed by atoms with Gasteiger partial charge in [-0.15, -0.1) is 5.10 Å². The van der Waals surface area contributed by atoms with Gasteiger partial charge in [-0.2, -0.15) is 9.67 Å². The molecule has 0 atom stereocenters. The zero-order chi connectivity index (χ0) is 20.2. The quantitative estimate of drug-likeness (QED) is 0.558. The fraction of sp³-hybridized carbons (Fsp3) is 0.0909. The minimum atomic E-state index is -0.408. The highest BCUT2D eigenvalue weighted by atomic mass is 19.1. The van der Waals surface area contributed by atoms with Gasteiger partial charge < -0.3 is 5.32 Å². The average Bonchev–Trinajstić information content (AvgIpc) is 3.18. The van der Waals surface area contributed by atoms with Crippen LogP contribution in [0.4, 0.5) is 10.3 Å². The normalized spacial score (nSPS) is 10.7. The van der Waals surface area contributed by atoms with Crippen LogP contribution in [0.2, 0.25) is 0 Å². The van der Waals surface area contributed by atoms with Crippen molar-refractivity contribution in [3.8, 4) is 11.4 Å². The first kappa shape index (κ1) is 18.5. The minimum Gasteiger partial charge on any atom is -0.350 e. The van der Waals surface area contributed by atoms with Crippen LogP contribution in [0.5, 0.6) is 0 Å². The molecule has 0 unspecified atom stereocenters. The number of aryl methyl sites for hydroxylation is 1. The van der Waals surface area contributed by atoms with Gasteiger partial charge in [0.15, 0.2) is 5.82 Å². The number of carbonyl (C=O) groups is 1. The Balaban J connectivity index is 1.67. The molecule has 0 radical (unpaired) electrons. The molecule has 0 aliphatic carbocycles. The summed E-state index contributed by atoms with van der Waals surface area (Å²) in [5.74, 6) is -0.133. The summed E-state index contributed by atoms with van der Waals surface area (Å²) in [6, 6.07) is 17.0. The van der Waals surface area contributed by atoms with Crippen LogP contribution in [-0.2, 0) is 6.54 Å². The van der Waals surface area contributed by atoms with Gasteiger partial charge in [-0.1, -0.05) is 29.8 Å². The molecule has 2 aromatic heterocycles. The molecule has 2 aromatic carbocycles. The molecule has 0 spiro atoms. The molecule has 4 rings (SSSR count). The van der Waals surface area contributed by atoms with Crippen molar-refractivity contribution >= 4 is 11.9 Å². The summed E-state index contributed by atoms with van der Waals surface area (Å²) in [7, 11) is 0. The van der Waals surface area contributed by atoms with E-state index >= 15 is 0 Å². The van der Waals surface area contributed by atoms with E-state index in [-0.39, 0.29) is 0 Å². The third-order valence-electron chi connectivity index (χ3n) is 4.38. The predicted molar refractivity (Wildman–Crippen MR) is 108 cm³/mol. The molecule has 0 fully saturated rings. The average molecular weight is 387 g/mol. The summed E-state index contributed by atoms with van der Waals surface area (Å²) < 4.78 is 14.4. The maximum Gasteiger partial charge on any atom is 0.281 e. The largest absolute Gasteiger partial charge is 0.350 e. The van der Waals surface area contributed by atoms with E-state index < -0.39 is 11.7 Å². The number of hydrogen-bond donors (Lipinski definition) is 1. The number of carbonyl (C=O) groups excluding carboxylic acids is 1. The van der Waals surface area contributed by atoms with Gasteiger partial charge >= 0.3 is 0 Å². The van der Waals surface area contributed by atoms with Crippen molar-refractivity contribution in [2.75, 3.05) is 5.32 Å². The van der Waals surface area contributed by atoms with Crippen molar-refractivity contribution in [1.82, 2.24) is 19.7 Å². The fourth-order valence-corrected chi connectivity index (χ4v) is 2.79. The zero-order valence-corrected chi connectivity index (χ0v) is 15.7. The number of benzene rings is 2. The van der Waals surface area contributed by atoms with Crippen LogP contribution in [0.1, 0.15) is 21.5 Å². The Labute approximate surface area is 167 Å². The lowest BCUT2D eigenvalue weighted by molar-refractivity contribution is 0.0947. The Morgan fingerprint density at radius 2 is 1.83 bits per heavy atom. The van der Waals surface area contributed by atoms with Crippen LogP contribution in [0, 0.1) is 12.7 Å². The second-order valence-electron chi connectivity index (χ2n) is 6.56. The van der Waals surface area contributed by atoms with Crippen LogP contribution in [-0.4, -0.2) is 25.7 Å². The van der Waals surface area contributed by atoms with Crippen molar-refractivity contribution in [2.24, 2.45) is 0 Å². The van der Waals surface area contributed by atoms with Gasteiger partial charge in [-0.25, -0.2) is 4.39 Å². The van der Waals surface area contributed by atoms with Crippen molar-refractivity contribution < 1.29 is 9.18 Å². The van der Waals surface area contributed by atoms with E-state index in [1.165, 1.54) is 34.5 Å². The van der Waals surface area contributed by atoms with Gasteiger partial charge in [0.25, 0.3) is 5.91 Å². The first-order valence-electron chi connectivity index (χ1n) is 9.07. The Hall–Kier alpha value is -3.87. The maximum absolute atomic E-state index is 13.2. The summed E-state index contributed by atoms with van der Waals surface area (Å²) >= 11 is 0. The first-order valence-corrected chi connectivity index (χ1v) is 9.07. The summed E-state index contributed by atoms with van der Waals surface area (Å²) in [6.07, 6.45) is 3.28. The molecule has 0 bridgehead atoms. The van der Waals surface area contributed by atoms with Crippen molar-refractivity contribution in [3.63, 3.8) is 0 Å². The predicted octanol–water partition coefficient (Wildman–Crippen LogP) is 4.09. The monoisotopic (exact) mass is 387 g/mol. The van der Waals surface area contributed by atoms with Crippen molar-refractivity contribution in [1.29, 1.82) is 0 Å². The molecule has 29 heavy (non-hydrogen) atoms. The van der Waals surface area contributed by atoms with Crippen LogP contribution in [0.3, 0.4) is 0 Å². The summed E-state index contributed by atoms with van der Waals surface area (Å²) in [4.78, 5) is 21.5. The molecule has 0 saturated carbocycles. The molecule has 0 saturated heterocycles. The number of anilines is 1. The van der Waals surface area contributed by atoms with E-state index in [4.69, 9.17) is 0 Å². The second kappa shape index (κ2) is 8.02. The maximum atomic E-state index is 13.2. The Morgan fingerprint density at radius 3 is 2.52 bits per heavy atom. The molecule has 4 aromatic rings. The zero-order valence-electron chi connectivity index (χ0n) is 15.7. The van der Waals surface area contributed by atoms with Crippen LogP contribution in [0.25, 0.3) is 11.4 Å². The highest BCUT2D eigenvalue weighted by molar-refractivity contribution is 5.97. The van der Waals surface area contributed by atoms with E-state index in [1.807, 2.05) is 37.3 Å². The SMILES string of the molecule is Cc1ccc(CNc2nc(-c3cccnc3)nn2C(=O)c2ccc(F)cc2)cc1. The molecular formula is C22H18FN5O. The third-order valence-corrected chi connectivity index (χ3v) is 4.38. The molecule has 6 nitrogen and oxygen atoms in total. The number of aromatic nitrogens is 4. The molecule has 0 aliphatic rings. The number of halogens is 1. The van der Waals surface area contributed by atoms with Gasteiger partial charge in [0.05, 0.1) is 0 Å². The number of nitrogens with zero attached hydrogens (tertiary/aromatic N) is 4. The number of pyridine rings is 1. The van der Waals surface area contributed by atoms with Crippen molar-refractivity contribution in [3.05, 3.63) is 95.6 Å². The van der Waals surface area contributed by atoms with E-state index in [0.717, 1.165) is 5.56 Å². The first-order chi connectivity index (χ1) is 14.1. The number of nitrogens with one attached hydrogen (secondary N) is 1. The number of rotatable bonds is 5. The second-order valence-corrected chi connectivity index (χ2v) is 6.56. The van der Waals surface area contributed by atoms with Gasteiger partial charge in [-0.3, -0.25) is 9.78 Å². The van der Waals surface area contributed by atoms with Crippen molar-refractivity contribution in [2.45, 2.75) is 13.5 Å². The highest BCUT2D eigenvalue weighted by Crippen LogP contribution is 2.19. The lowest BCUT2D eigenvalue weighted by Crippen LogP contribution is -2.17. The van der Waals surface area contributed by atoms with E-state index in [1.54, 1.807) is 18.5 Å². The summed E-state index contributed by atoms with van der Waals surface area (Å²) in [5, 5.41) is 7.54.